The second-order valence-electron chi connectivity index (χ2n) is 8.95. The molecular formula is C26H27N5O3. The summed E-state index contributed by atoms with van der Waals surface area (Å²) in [6.07, 6.45) is 5.95. The minimum absolute atomic E-state index is 0.0100. The molecule has 5 rings (SSSR count). The number of amides is 1. The molecule has 5 N–H and O–H groups in total. The first-order valence-electron chi connectivity index (χ1n) is 11.4. The van der Waals surface area contributed by atoms with Crippen molar-refractivity contribution in [3.8, 4) is 22.6 Å². The van der Waals surface area contributed by atoms with E-state index < -0.39 is 11.5 Å². The van der Waals surface area contributed by atoms with Crippen molar-refractivity contribution in [3.63, 3.8) is 0 Å². The van der Waals surface area contributed by atoms with Crippen molar-refractivity contribution < 1.29 is 14.6 Å². The molecule has 1 fully saturated rings. The number of hydrogen-bond donors (Lipinski definition) is 3. The fourth-order valence-corrected chi connectivity index (χ4v) is 4.85. The van der Waals surface area contributed by atoms with E-state index in [1.54, 1.807) is 0 Å². The van der Waals surface area contributed by atoms with Gasteiger partial charge in [0.15, 0.2) is 0 Å². The van der Waals surface area contributed by atoms with E-state index in [4.69, 9.17) is 16.2 Å². The number of rotatable bonds is 6. The number of aliphatic hydroxyl groups is 1. The molecule has 1 aliphatic rings. The number of nitrogen functional groups attached to an aromatic ring is 1. The maximum absolute atomic E-state index is 11.3. The Balaban J connectivity index is 1.45. The van der Waals surface area contributed by atoms with E-state index >= 15 is 0 Å². The van der Waals surface area contributed by atoms with Gasteiger partial charge in [0.1, 0.15) is 29.3 Å². The van der Waals surface area contributed by atoms with Crippen LogP contribution in [0.15, 0.2) is 67.1 Å². The van der Waals surface area contributed by atoms with Crippen LogP contribution in [0.1, 0.15) is 38.1 Å². The summed E-state index contributed by atoms with van der Waals surface area (Å²) in [7, 11) is 0. The highest BCUT2D eigenvalue weighted by Gasteiger charge is 2.36. The van der Waals surface area contributed by atoms with Crippen LogP contribution in [0.3, 0.4) is 0 Å². The Morgan fingerprint density at radius 1 is 1.06 bits per heavy atom. The molecule has 0 unspecified atom stereocenters. The molecule has 8 heteroatoms. The number of fused-ring (bicyclic) bond motifs is 1. The molecule has 1 aliphatic carbocycles. The Morgan fingerprint density at radius 2 is 1.74 bits per heavy atom. The predicted octanol–water partition coefficient (Wildman–Crippen LogP) is 4.19. The molecule has 1 amide bonds. The van der Waals surface area contributed by atoms with Crippen LogP contribution in [0, 0.1) is 0 Å². The zero-order valence-corrected chi connectivity index (χ0v) is 18.7. The molecule has 0 aliphatic heterocycles. The first kappa shape index (κ1) is 21.9. The number of aromatic nitrogens is 3. The fourth-order valence-electron chi connectivity index (χ4n) is 4.85. The molecule has 0 bridgehead atoms. The van der Waals surface area contributed by atoms with Crippen molar-refractivity contribution in [3.05, 3.63) is 67.1 Å². The van der Waals surface area contributed by atoms with Crippen molar-refractivity contribution in [1.82, 2.24) is 14.5 Å². The number of carbonyl (C=O) groups excluding carboxylic acids is 1. The van der Waals surface area contributed by atoms with E-state index in [1.807, 2.05) is 54.6 Å². The normalized spacial score (nSPS) is 20.3. The lowest BCUT2D eigenvalue weighted by atomic mass is 9.80. The van der Waals surface area contributed by atoms with E-state index in [1.165, 1.54) is 6.33 Å². The predicted molar refractivity (Wildman–Crippen MR) is 130 cm³/mol. The third-order valence-electron chi connectivity index (χ3n) is 6.57. The Labute approximate surface area is 197 Å². The number of hydrogen-bond acceptors (Lipinski definition) is 6. The quantitative estimate of drug-likeness (QED) is 0.398. The molecular weight excluding hydrogens is 430 g/mol. The molecule has 0 radical (unpaired) electrons. The van der Waals surface area contributed by atoms with Crippen LogP contribution in [-0.2, 0) is 4.79 Å². The van der Waals surface area contributed by atoms with Crippen LogP contribution in [0.4, 0.5) is 5.82 Å². The molecule has 0 atom stereocenters. The lowest BCUT2D eigenvalue weighted by Crippen LogP contribution is -2.38. The first-order chi connectivity index (χ1) is 16.4. The highest BCUT2D eigenvalue weighted by Crippen LogP contribution is 2.41. The molecule has 1 saturated carbocycles. The minimum atomic E-state index is -1.03. The van der Waals surface area contributed by atoms with Crippen molar-refractivity contribution in [1.29, 1.82) is 0 Å². The Bertz CT molecular complexity index is 1310. The second kappa shape index (κ2) is 8.79. The summed E-state index contributed by atoms with van der Waals surface area (Å²) in [5.74, 6) is 1.46. The van der Waals surface area contributed by atoms with Gasteiger partial charge in [-0.3, -0.25) is 4.79 Å². The van der Waals surface area contributed by atoms with Crippen LogP contribution in [0.2, 0.25) is 0 Å². The van der Waals surface area contributed by atoms with Gasteiger partial charge in [0.05, 0.1) is 17.4 Å². The lowest BCUT2D eigenvalue weighted by Gasteiger charge is -2.36. The third kappa shape index (κ3) is 4.32. The van der Waals surface area contributed by atoms with Gasteiger partial charge in [-0.1, -0.05) is 30.3 Å². The van der Waals surface area contributed by atoms with Gasteiger partial charge in [-0.05, 0) is 55.5 Å². The van der Waals surface area contributed by atoms with Crippen LogP contribution in [0.5, 0.6) is 11.5 Å². The summed E-state index contributed by atoms with van der Waals surface area (Å²) in [4.78, 5) is 20.1. The average Bonchev–Trinajstić information content (AvgIpc) is 3.21. The average molecular weight is 458 g/mol. The van der Waals surface area contributed by atoms with Crippen LogP contribution < -0.4 is 16.2 Å². The van der Waals surface area contributed by atoms with Crippen molar-refractivity contribution >= 4 is 22.8 Å². The van der Waals surface area contributed by atoms with Crippen LogP contribution in [0.25, 0.3) is 22.2 Å². The standard InChI is InChI=1S/C26H27N5O3/c27-22(32)14-26(33)12-10-18(11-13-26)31-15-21(23-24(28)29-16-30-25(23)31)17-6-8-20(9-7-17)34-19-4-2-1-3-5-19/h1-9,15-16,18,33H,10-14H2,(H2,27,32)(H2,28,29,30). The number of benzene rings is 2. The monoisotopic (exact) mass is 457 g/mol. The van der Waals surface area contributed by atoms with E-state index in [2.05, 4.69) is 20.7 Å². The number of ether oxygens (including phenoxy) is 1. The van der Waals surface area contributed by atoms with Gasteiger partial charge < -0.3 is 25.9 Å². The second-order valence-corrected chi connectivity index (χ2v) is 8.95. The van der Waals surface area contributed by atoms with Crippen molar-refractivity contribution in [2.24, 2.45) is 5.73 Å². The molecule has 2 aromatic carbocycles. The molecule has 174 valence electrons. The summed E-state index contributed by atoms with van der Waals surface area (Å²) in [6, 6.07) is 17.6. The summed E-state index contributed by atoms with van der Waals surface area (Å²) in [5.41, 5.74) is 13.3. The number of carbonyl (C=O) groups is 1. The van der Waals surface area contributed by atoms with E-state index in [0.29, 0.717) is 31.5 Å². The third-order valence-corrected chi connectivity index (χ3v) is 6.57. The Morgan fingerprint density at radius 3 is 2.41 bits per heavy atom. The number of primary amides is 1. The van der Waals surface area contributed by atoms with Crippen molar-refractivity contribution in [2.45, 2.75) is 43.7 Å². The number of para-hydroxylation sites is 1. The smallest absolute Gasteiger partial charge is 0.220 e. The highest BCUT2D eigenvalue weighted by molar-refractivity contribution is 6.00. The van der Waals surface area contributed by atoms with Gasteiger partial charge in [-0.2, -0.15) is 0 Å². The van der Waals surface area contributed by atoms with Gasteiger partial charge in [0.25, 0.3) is 0 Å². The first-order valence-corrected chi connectivity index (χ1v) is 11.4. The fraction of sp³-hybridized carbons (Fsp3) is 0.269. The SMILES string of the molecule is NC(=O)CC1(O)CCC(n2cc(-c3ccc(Oc4ccccc4)cc3)c3c(N)ncnc32)CC1. The van der Waals surface area contributed by atoms with Crippen LogP contribution >= 0.6 is 0 Å². The molecule has 2 heterocycles. The topological polar surface area (TPSA) is 129 Å². The van der Waals surface area contributed by atoms with Crippen molar-refractivity contribution in [2.75, 3.05) is 5.73 Å². The summed E-state index contributed by atoms with van der Waals surface area (Å²) < 4.78 is 8.04. The van der Waals surface area contributed by atoms with Gasteiger partial charge >= 0.3 is 0 Å². The highest BCUT2D eigenvalue weighted by atomic mass is 16.5. The molecule has 0 spiro atoms. The summed E-state index contributed by atoms with van der Waals surface area (Å²) in [6.45, 7) is 0. The molecule has 8 nitrogen and oxygen atoms in total. The molecule has 4 aromatic rings. The minimum Gasteiger partial charge on any atom is -0.457 e. The molecule has 0 saturated heterocycles. The Hall–Kier alpha value is -3.91. The molecule has 34 heavy (non-hydrogen) atoms. The van der Waals surface area contributed by atoms with E-state index in [0.717, 1.165) is 33.7 Å². The van der Waals surface area contributed by atoms with Gasteiger partial charge in [-0.25, -0.2) is 9.97 Å². The largest absolute Gasteiger partial charge is 0.457 e. The maximum atomic E-state index is 11.3. The van der Waals surface area contributed by atoms with Gasteiger partial charge in [-0.15, -0.1) is 0 Å². The summed E-state index contributed by atoms with van der Waals surface area (Å²) >= 11 is 0. The Kier molecular flexibility index (Phi) is 5.67. The number of nitrogens with zero attached hydrogens (tertiary/aromatic N) is 3. The van der Waals surface area contributed by atoms with Gasteiger partial charge in [0, 0.05) is 17.8 Å². The summed E-state index contributed by atoms with van der Waals surface area (Å²) in [5, 5.41) is 11.5. The van der Waals surface area contributed by atoms with Crippen LogP contribution in [-0.4, -0.2) is 31.1 Å². The van der Waals surface area contributed by atoms with E-state index in [-0.39, 0.29) is 12.5 Å². The molecule has 2 aromatic heterocycles. The lowest BCUT2D eigenvalue weighted by molar-refractivity contribution is -0.124. The zero-order valence-electron chi connectivity index (χ0n) is 18.7. The maximum Gasteiger partial charge on any atom is 0.220 e. The van der Waals surface area contributed by atoms with Gasteiger partial charge in [0.2, 0.25) is 5.91 Å². The number of nitrogens with two attached hydrogens (primary N) is 2. The van der Waals surface area contributed by atoms with E-state index in [9.17, 15) is 9.90 Å². The zero-order chi connectivity index (χ0) is 23.7. The number of anilines is 1.